The number of carboxylic acids is 1. The fourth-order valence-corrected chi connectivity index (χ4v) is 5.45. The number of carbonyl (C=O) groups excluding carboxylic acids is 1. The van der Waals surface area contributed by atoms with Crippen molar-refractivity contribution < 1.29 is 19.4 Å². The van der Waals surface area contributed by atoms with E-state index in [9.17, 15) is 14.7 Å². The third-order valence-corrected chi connectivity index (χ3v) is 7.22. The summed E-state index contributed by atoms with van der Waals surface area (Å²) in [6, 6.07) is 32.5. The number of aromatic amines is 1. The highest BCUT2D eigenvalue weighted by molar-refractivity contribution is 5.92. The molecule has 188 valence electrons. The summed E-state index contributed by atoms with van der Waals surface area (Å²) in [5.41, 5.74) is 7.99. The van der Waals surface area contributed by atoms with E-state index in [1.807, 2.05) is 91.0 Å². The number of hydrogen-bond donors (Lipinski definition) is 3. The molecular formula is C32H26N2O4. The Labute approximate surface area is 219 Å². The van der Waals surface area contributed by atoms with Crippen LogP contribution < -0.4 is 5.32 Å². The Kier molecular flexibility index (Phi) is 6.14. The SMILES string of the molecule is O=C(N[C@H](Cc1c(-c2ccccc2)[nH]c2ccccc12)C(=O)O)OCC1c2ccccc2-c2ccccc21. The fraction of sp³-hybridized carbons (Fsp3) is 0.125. The minimum atomic E-state index is -1.16. The summed E-state index contributed by atoms with van der Waals surface area (Å²) in [6.45, 7) is 0.120. The van der Waals surface area contributed by atoms with E-state index in [0.29, 0.717) is 0 Å². The Morgan fingerprint density at radius 3 is 2.11 bits per heavy atom. The first-order valence-electron chi connectivity index (χ1n) is 12.6. The summed E-state index contributed by atoms with van der Waals surface area (Å²) in [4.78, 5) is 28.6. The standard InChI is InChI=1S/C32H26N2O4/c35-31(36)29(18-26-25-16-8-9-17-28(25)33-30(26)20-10-2-1-3-11-20)34-32(37)38-19-27-23-14-6-4-12-21(23)22-13-5-7-15-24(22)27/h1-17,27,29,33H,18-19H2,(H,34,37)(H,35,36)/t29-/m1/s1. The number of ether oxygens (including phenoxy) is 1. The summed E-state index contributed by atoms with van der Waals surface area (Å²) in [6.07, 6.45) is -0.645. The number of hydrogen-bond acceptors (Lipinski definition) is 3. The molecule has 1 atom stereocenters. The van der Waals surface area contributed by atoms with Crippen LogP contribution in [-0.2, 0) is 16.0 Å². The lowest BCUT2D eigenvalue weighted by atomic mass is 9.98. The van der Waals surface area contributed by atoms with Gasteiger partial charge in [0, 0.05) is 28.9 Å². The molecule has 0 saturated carbocycles. The van der Waals surface area contributed by atoms with Crippen LogP contribution in [0, 0.1) is 0 Å². The highest BCUT2D eigenvalue weighted by Gasteiger charge is 2.30. The first-order valence-corrected chi connectivity index (χ1v) is 12.6. The van der Waals surface area contributed by atoms with Crippen LogP contribution in [0.1, 0.15) is 22.6 Å². The maximum absolute atomic E-state index is 12.9. The molecule has 3 N–H and O–H groups in total. The number of alkyl carbamates (subject to hydrolysis) is 1. The Morgan fingerprint density at radius 1 is 0.816 bits per heavy atom. The molecule has 1 aromatic heterocycles. The Morgan fingerprint density at radius 2 is 1.42 bits per heavy atom. The number of carboxylic acid groups (broad SMARTS) is 1. The zero-order chi connectivity index (χ0) is 26.1. The number of nitrogens with one attached hydrogen (secondary N) is 2. The Bertz CT molecular complexity index is 1590. The quantitative estimate of drug-likeness (QED) is 0.241. The van der Waals surface area contributed by atoms with E-state index in [4.69, 9.17) is 4.74 Å². The van der Waals surface area contributed by atoms with Gasteiger partial charge in [-0.25, -0.2) is 9.59 Å². The fourth-order valence-electron chi connectivity index (χ4n) is 5.45. The topological polar surface area (TPSA) is 91.4 Å². The largest absolute Gasteiger partial charge is 0.480 e. The van der Waals surface area contributed by atoms with Gasteiger partial charge in [0.15, 0.2) is 0 Å². The van der Waals surface area contributed by atoms with E-state index < -0.39 is 18.1 Å². The van der Waals surface area contributed by atoms with Crippen LogP contribution in [0.5, 0.6) is 0 Å². The average molecular weight is 503 g/mol. The van der Waals surface area contributed by atoms with Crippen LogP contribution in [0.2, 0.25) is 0 Å². The second-order valence-corrected chi connectivity index (χ2v) is 9.45. The maximum atomic E-state index is 12.9. The number of aromatic nitrogens is 1. The van der Waals surface area contributed by atoms with Gasteiger partial charge in [-0.1, -0.05) is 97.1 Å². The molecule has 4 aromatic carbocycles. The van der Waals surface area contributed by atoms with Crippen LogP contribution in [0.15, 0.2) is 103 Å². The minimum Gasteiger partial charge on any atom is -0.480 e. The van der Waals surface area contributed by atoms with Gasteiger partial charge in [-0.15, -0.1) is 0 Å². The van der Waals surface area contributed by atoms with Gasteiger partial charge in [0.05, 0.1) is 0 Å². The summed E-state index contributed by atoms with van der Waals surface area (Å²) in [5, 5.41) is 13.5. The molecule has 5 aromatic rings. The lowest BCUT2D eigenvalue weighted by Gasteiger charge is -2.18. The first-order chi connectivity index (χ1) is 18.6. The molecule has 0 spiro atoms. The van der Waals surface area contributed by atoms with Crippen molar-refractivity contribution in [1.29, 1.82) is 0 Å². The summed E-state index contributed by atoms with van der Waals surface area (Å²) < 4.78 is 5.62. The number of aliphatic carboxylic acids is 1. The van der Waals surface area contributed by atoms with Gasteiger partial charge in [-0.05, 0) is 39.4 Å². The summed E-state index contributed by atoms with van der Waals surface area (Å²) >= 11 is 0. The number of amides is 1. The zero-order valence-corrected chi connectivity index (χ0v) is 20.6. The minimum absolute atomic E-state index is 0.102. The molecular weight excluding hydrogens is 476 g/mol. The number of fused-ring (bicyclic) bond motifs is 4. The molecule has 6 nitrogen and oxygen atoms in total. The number of para-hydroxylation sites is 1. The van der Waals surface area contributed by atoms with E-state index in [1.54, 1.807) is 0 Å². The molecule has 1 heterocycles. The number of carbonyl (C=O) groups is 2. The summed E-state index contributed by atoms with van der Waals surface area (Å²) in [5.74, 6) is -1.22. The molecule has 1 aliphatic rings. The smallest absolute Gasteiger partial charge is 0.407 e. The third kappa shape index (κ3) is 4.30. The highest BCUT2D eigenvalue weighted by Crippen LogP contribution is 2.44. The lowest BCUT2D eigenvalue weighted by Crippen LogP contribution is -2.43. The molecule has 0 aliphatic heterocycles. The second kappa shape index (κ2) is 9.90. The van der Waals surface area contributed by atoms with E-state index in [2.05, 4.69) is 22.4 Å². The molecule has 1 amide bonds. The van der Waals surface area contributed by atoms with Crippen molar-refractivity contribution >= 4 is 23.0 Å². The van der Waals surface area contributed by atoms with Crippen molar-refractivity contribution in [1.82, 2.24) is 10.3 Å². The van der Waals surface area contributed by atoms with Gasteiger partial charge >= 0.3 is 12.1 Å². The van der Waals surface area contributed by atoms with Crippen LogP contribution in [0.3, 0.4) is 0 Å². The molecule has 0 fully saturated rings. The number of benzene rings is 4. The molecule has 0 radical (unpaired) electrons. The number of rotatable bonds is 7. The summed E-state index contributed by atoms with van der Waals surface area (Å²) in [7, 11) is 0. The van der Waals surface area contributed by atoms with Crippen LogP contribution >= 0.6 is 0 Å². The van der Waals surface area contributed by atoms with E-state index in [0.717, 1.165) is 50.0 Å². The third-order valence-electron chi connectivity index (χ3n) is 7.22. The van der Waals surface area contributed by atoms with Crippen LogP contribution in [-0.4, -0.2) is 34.8 Å². The molecule has 0 bridgehead atoms. The normalized spacial score (nSPS) is 13.1. The molecule has 0 saturated heterocycles. The number of H-pyrrole nitrogens is 1. The van der Waals surface area contributed by atoms with Gasteiger partial charge in [0.25, 0.3) is 0 Å². The monoisotopic (exact) mass is 502 g/mol. The van der Waals surface area contributed by atoms with Gasteiger partial charge in [-0.2, -0.15) is 0 Å². The van der Waals surface area contributed by atoms with Crippen molar-refractivity contribution in [2.45, 2.75) is 18.4 Å². The van der Waals surface area contributed by atoms with E-state index in [-0.39, 0.29) is 18.9 Å². The second-order valence-electron chi connectivity index (χ2n) is 9.45. The van der Waals surface area contributed by atoms with Gasteiger partial charge < -0.3 is 20.1 Å². The van der Waals surface area contributed by atoms with E-state index >= 15 is 0 Å². The zero-order valence-electron chi connectivity index (χ0n) is 20.6. The van der Waals surface area contributed by atoms with Gasteiger partial charge in [0.1, 0.15) is 12.6 Å². The predicted octanol–water partition coefficient (Wildman–Crippen LogP) is 6.37. The van der Waals surface area contributed by atoms with Crippen molar-refractivity contribution in [2.75, 3.05) is 6.61 Å². The van der Waals surface area contributed by atoms with Crippen LogP contribution in [0.4, 0.5) is 4.79 Å². The molecule has 0 unspecified atom stereocenters. The lowest BCUT2D eigenvalue weighted by molar-refractivity contribution is -0.139. The van der Waals surface area contributed by atoms with Crippen LogP contribution in [0.25, 0.3) is 33.3 Å². The molecule has 6 heteroatoms. The molecule has 38 heavy (non-hydrogen) atoms. The highest BCUT2D eigenvalue weighted by atomic mass is 16.5. The molecule has 6 rings (SSSR count). The Balaban J connectivity index is 1.22. The van der Waals surface area contributed by atoms with E-state index in [1.165, 1.54) is 0 Å². The van der Waals surface area contributed by atoms with Gasteiger partial charge in [-0.3, -0.25) is 0 Å². The van der Waals surface area contributed by atoms with Crippen molar-refractivity contribution in [2.24, 2.45) is 0 Å². The predicted molar refractivity (Wildman–Crippen MR) is 147 cm³/mol. The average Bonchev–Trinajstić information content (AvgIpc) is 3.48. The van der Waals surface area contributed by atoms with Crippen molar-refractivity contribution in [3.63, 3.8) is 0 Å². The van der Waals surface area contributed by atoms with Gasteiger partial charge in [0.2, 0.25) is 0 Å². The molecule has 1 aliphatic carbocycles. The van der Waals surface area contributed by atoms with Crippen molar-refractivity contribution in [3.05, 3.63) is 120 Å². The van der Waals surface area contributed by atoms with Crippen molar-refractivity contribution in [3.8, 4) is 22.4 Å². The maximum Gasteiger partial charge on any atom is 0.407 e. The first kappa shape index (κ1) is 23.6. The Hall–Kier alpha value is -4.84.